The van der Waals surface area contributed by atoms with Gasteiger partial charge >= 0.3 is 5.69 Å². The van der Waals surface area contributed by atoms with Gasteiger partial charge < -0.3 is 5.11 Å². The zero-order valence-electron chi connectivity index (χ0n) is 9.92. The van der Waals surface area contributed by atoms with Crippen LogP contribution in [-0.2, 0) is 0 Å². The van der Waals surface area contributed by atoms with Gasteiger partial charge in [0.2, 0.25) is 5.39 Å². The minimum absolute atomic E-state index is 0.0938. The van der Waals surface area contributed by atoms with E-state index in [0.29, 0.717) is 5.39 Å². The van der Waals surface area contributed by atoms with Crippen LogP contribution in [0.2, 0.25) is 0 Å². The van der Waals surface area contributed by atoms with Gasteiger partial charge in [0.15, 0.2) is 4.98 Å². The number of benzene rings is 3. The number of hydrogen-bond donors (Lipinski definition) is 0. The summed E-state index contributed by atoms with van der Waals surface area (Å²) >= 11 is 0. The Hall–Kier alpha value is -2.86. The molecule has 1 aliphatic carbocycles. The van der Waals surface area contributed by atoms with Gasteiger partial charge in [0, 0.05) is 6.07 Å². The van der Waals surface area contributed by atoms with E-state index in [4.69, 9.17) is 5.39 Å². The number of diazo groups is 1. The third kappa shape index (κ3) is 1.13. The van der Waals surface area contributed by atoms with Crippen molar-refractivity contribution in [3.05, 3.63) is 53.5 Å². The molecule has 0 bridgehead atoms. The van der Waals surface area contributed by atoms with Gasteiger partial charge in [-0.2, -0.15) is 0 Å². The molecule has 0 fully saturated rings. The number of rotatable bonds is 0. The smallest absolute Gasteiger partial charge is 0.378 e. The van der Waals surface area contributed by atoms with Crippen molar-refractivity contribution in [2.24, 2.45) is 0 Å². The maximum atomic E-state index is 12.2. The minimum Gasteiger partial charge on any atom is -0.867 e. The highest BCUT2D eigenvalue weighted by atomic mass is 16.3. The molecular weight excluding hydrogens is 236 g/mol. The van der Waals surface area contributed by atoms with Crippen molar-refractivity contribution in [3.8, 4) is 28.0 Å². The van der Waals surface area contributed by atoms with Crippen molar-refractivity contribution in [2.45, 2.75) is 0 Å². The van der Waals surface area contributed by atoms with Crippen molar-refractivity contribution in [2.75, 3.05) is 0 Å². The van der Waals surface area contributed by atoms with Gasteiger partial charge in [-0.25, -0.2) is 0 Å². The summed E-state index contributed by atoms with van der Waals surface area (Å²) in [5, 5.41) is 22.7. The van der Waals surface area contributed by atoms with Crippen LogP contribution in [0.4, 0.5) is 5.69 Å². The van der Waals surface area contributed by atoms with Gasteiger partial charge in [0.1, 0.15) is 0 Å². The molecule has 19 heavy (non-hydrogen) atoms. The lowest BCUT2D eigenvalue weighted by Crippen LogP contribution is -1.92. The molecular formula is C16H8N2O. The van der Waals surface area contributed by atoms with Gasteiger partial charge in [0.05, 0.1) is 0 Å². The molecule has 3 aromatic rings. The Balaban J connectivity index is 2.29. The topological polar surface area (TPSA) is 51.2 Å². The average molecular weight is 244 g/mol. The summed E-state index contributed by atoms with van der Waals surface area (Å²) in [5.41, 5.74) is 4.34. The Bertz CT molecular complexity index is 891. The van der Waals surface area contributed by atoms with Crippen LogP contribution in [0.15, 0.2) is 48.5 Å². The predicted molar refractivity (Wildman–Crippen MR) is 72.6 cm³/mol. The Morgan fingerprint density at radius 1 is 0.842 bits per heavy atom. The SMILES string of the molecule is N#[N+]c1cc2c3c(cccc3c1[O-])-c1ccccc1-2. The molecule has 0 spiro atoms. The Morgan fingerprint density at radius 3 is 2.26 bits per heavy atom. The van der Waals surface area contributed by atoms with E-state index < -0.39 is 0 Å². The van der Waals surface area contributed by atoms with Crippen molar-refractivity contribution in [1.29, 1.82) is 5.39 Å². The summed E-state index contributed by atoms with van der Waals surface area (Å²) in [6.07, 6.45) is 0. The Morgan fingerprint density at radius 2 is 1.53 bits per heavy atom. The van der Waals surface area contributed by atoms with Crippen LogP contribution in [0.3, 0.4) is 0 Å². The molecule has 0 saturated heterocycles. The fourth-order valence-corrected chi connectivity index (χ4v) is 2.91. The first-order chi connectivity index (χ1) is 9.31. The first-order valence-electron chi connectivity index (χ1n) is 6.03. The summed E-state index contributed by atoms with van der Waals surface area (Å²) in [4.78, 5) is 3.11. The molecule has 3 nitrogen and oxygen atoms in total. The van der Waals surface area contributed by atoms with Gasteiger partial charge in [-0.15, -0.1) is 0 Å². The lowest BCUT2D eigenvalue weighted by atomic mass is 10.0. The van der Waals surface area contributed by atoms with E-state index >= 15 is 0 Å². The van der Waals surface area contributed by atoms with E-state index in [-0.39, 0.29) is 11.4 Å². The van der Waals surface area contributed by atoms with E-state index in [1.54, 1.807) is 12.1 Å². The van der Waals surface area contributed by atoms with E-state index in [0.717, 1.165) is 27.6 Å². The summed E-state index contributed by atoms with van der Waals surface area (Å²) in [5.74, 6) is -0.226. The lowest BCUT2D eigenvalue weighted by Gasteiger charge is -2.09. The summed E-state index contributed by atoms with van der Waals surface area (Å²) in [7, 11) is 0. The molecule has 0 N–H and O–H groups in total. The van der Waals surface area contributed by atoms with Crippen molar-refractivity contribution in [3.63, 3.8) is 0 Å². The quantitative estimate of drug-likeness (QED) is 0.438. The normalized spacial score (nSPS) is 11.3. The molecule has 0 atom stereocenters. The van der Waals surface area contributed by atoms with Crippen LogP contribution < -0.4 is 5.11 Å². The summed E-state index contributed by atoms with van der Waals surface area (Å²) < 4.78 is 0. The highest BCUT2D eigenvalue weighted by Gasteiger charge is 2.24. The predicted octanol–water partition coefficient (Wildman–Crippen LogP) is 4.05. The minimum atomic E-state index is -0.226. The van der Waals surface area contributed by atoms with Gasteiger partial charge in [-0.05, 0) is 38.8 Å². The van der Waals surface area contributed by atoms with Crippen LogP contribution in [0.5, 0.6) is 5.75 Å². The maximum absolute atomic E-state index is 12.2. The zero-order valence-corrected chi connectivity index (χ0v) is 9.92. The number of nitrogens with zero attached hydrogens (tertiary/aromatic N) is 2. The lowest BCUT2D eigenvalue weighted by molar-refractivity contribution is -0.264. The van der Waals surface area contributed by atoms with Crippen LogP contribution >= 0.6 is 0 Å². The molecule has 0 amide bonds. The second-order valence-electron chi connectivity index (χ2n) is 4.65. The largest absolute Gasteiger partial charge is 0.867 e. The van der Waals surface area contributed by atoms with Crippen LogP contribution in [0.1, 0.15) is 0 Å². The standard InChI is InChI=1S/C16H8N2O/c17-18-14-8-13-10-5-2-1-4-9(10)11-6-3-7-12(15(11)13)16(14)19/h1-8H. The monoisotopic (exact) mass is 244 g/mol. The van der Waals surface area contributed by atoms with Gasteiger partial charge in [-0.1, -0.05) is 42.5 Å². The first kappa shape index (κ1) is 10.1. The van der Waals surface area contributed by atoms with E-state index in [2.05, 4.69) is 4.98 Å². The highest BCUT2D eigenvalue weighted by molar-refractivity contribution is 6.18. The Kier molecular flexibility index (Phi) is 1.77. The number of fused-ring (bicyclic) bond motifs is 3. The van der Waals surface area contributed by atoms with Gasteiger partial charge in [-0.3, -0.25) is 0 Å². The molecule has 0 aromatic heterocycles. The zero-order chi connectivity index (χ0) is 13.0. The summed E-state index contributed by atoms with van der Waals surface area (Å²) in [6, 6.07) is 15.4. The second kappa shape index (κ2) is 3.33. The number of hydrogen-bond acceptors (Lipinski definition) is 2. The molecule has 0 radical (unpaired) electrons. The van der Waals surface area contributed by atoms with Crippen molar-refractivity contribution >= 4 is 16.5 Å². The van der Waals surface area contributed by atoms with Crippen LogP contribution in [0, 0.1) is 5.39 Å². The maximum Gasteiger partial charge on any atom is 0.378 e. The molecule has 4 rings (SSSR count). The molecule has 0 unspecified atom stereocenters. The first-order valence-corrected chi connectivity index (χ1v) is 6.03. The molecule has 3 aromatic carbocycles. The van der Waals surface area contributed by atoms with E-state index in [1.807, 2.05) is 36.4 Å². The molecule has 0 heterocycles. The van der Waals surface area contributed by atoms with Crippen LogP contribution in [-0.4, -0.2) is 0 Å². The fourth-order valence-electron chi connectivity index (χ4n) is 2.91. The molecule has 1 aliphatic rings. The Labute approximate surface area is 109 Å². The molecule has 3 heteroatoms. The third-order valence-electron chi connectivity index (χ3n) is 3.71. The average Bonchev–Trinajstić information content (AvgIpc) is 2.78. The summed E-state index contributed by atoms with van der Waals surface area (Å²) in [6.45, 7) is 0. The highest BCUT2D eigenvalue weighted by Crippen LogP contribution is 2.51. The van der Waals surface area contributed by atoms with Crippen molar-refractivity contribution < 1.29 is 5.11 Å². The fraction of sp³-hybridized carbons (Fsp3) is 0. The van der Waals surface area contributed by atoms with E-state index in [9.17, 15) is 5.11 Å². The van der Waals surface area contributed by atoms with Crippen molar-refractivity contribution in [1.82, 2.24) is 0 Å². The van der Waals surface area contributed by atoms with Crippen LogP contribution in [0.25, 0.3) is 38.0 Å². The third-order valence-corrected chi connectivity index (χ3v) is 3.71. The molecule has 0 aliphatic heterocycles. The second-order valence-corrected chi connectivity index (χ2v) is 4.65. The van der Waals surface area contributed by atoms with E-state index in [1.165, 1.54) is 0 Å². The van der Waals surface area contributed by atoms with Gasteiger partial charge in [0.25, 0.3) is 0 Å². The molecule has 88 valence electrons. The molecule has 0 saturated carbocycles.